The van der Waals surface area contributed by atoms with Crippen LogP contribution in [-0.4, -0.2) is 18.8 Å². The Labute approximate surface area is 91.8 Å². The highest BCUT2D eigenvalue weighted by atomic mass is 32.2. The fourth-order valence-corrected chi connectivity index (χ4v) is 1.91. The number of anilines is 1. The van der Waals surface area contributed by atoms with E-state index in [0.29, 0.717) is 10.6 Å². The Bertz CT molecular complexity index is 357. The topological polar surface area (TPSA) is 52.3 Å². The zero-order valence-corrected chi connectivity index (χ0v) is 9.14. The van der Waals surface area contributed by atoms with Crippen LogP contribution in [0.1, 0.15) is 6.42 Å². The molecule has 0 aliphatic carbocycles. The van der Waals surface area contributed by atoms with Crippen molar-refractivity contribution in [1.82, 2.24) is 0 Å². The van der Waals surface area contributed by atoms with E-state index in [1.54, 1.807) is 12.1 Å². The van der Waals surface area contributed by atoms with Crippen LogP contribution < -0.4 is 5.73 Å². The van der Waals surface area contributed by atoms with Gasteiger partial charge in [0.2, 0.25) is 0 Å². The van der Waals surface area contributed by atoms with E-state index in [9.17, 15) is 9.18 Å². The predicted octanol–water partition coefficient (Wildman–Crippen LogP) is 2.06. The lowest BCUT2D eigenvalue weighted by molar-refractivity contribution is -0.140. The van der Waals surface area contributed by atoms with Crippen molar-refractivity contribution in [3.05, 3.63) is 24.0 Å². The van der Waals surface area contributed by atoms with Crippen LogP contribution in [-0.2, 0) is 9.53 Å². The Hall–Kier alpha value is -1.23. The average Bonchev–Trinajstić information content (AvgIpc) is 2.24. The molecule has 0 bridgehead atoms. The zero-order valence-electron chi connectivity index (χ0n) is 8.33. The van der Waals surface area contributed by atoms with Gasteiger partial charge >= 0.3 is 5.97 Å². The van der Waals surface area contributed by atoms with Crippen LogP contribution in [0.25, 0.3) is 0 Å². The third kappa shape index (κ3) is 3.43. The van der Waals surface area contributed by atoms with Gasteiger partial charge in [0.15, 0.2) is 0 Å². The third-order valence-corrected chi connectivity index (χ3v) is 2.88. The van der Waals surface area contributed by atoms with Crippen LogP contribution in [0.15, 0.2) is 23.1 Å². The number of thioether (sulfide) groups is 1. The molecule has 1 aromatic carbocycles. The Kier molecular flexibility index (Phi) is 4.42. The van der Waals surface area contributed by atoms with Crippen molar-refractivity contribution in [3.63, 3.8) is 0 Å². The molecule has 0 fully saturated rings. The molecule has 0 aromatic heterocycles. The Morgan fingerprint density at radius 2 is 2.33 bits per heavy atom. The molecule has 5 heteroatoms. The van der Waals surface area contributed by atoms with Crippen molar-refractivity contribution < 1.29 is 13.9 Å². The Morgan fingerprint density at radius 3 is 3.00 bits per heavy atom. The molecule has 0 heterocycles. The monoisotopic (exact) mass is 229 g/mol. The van der Waals surface area contributed by atoms with Crippen molar-refractivity contribution in [2.24, 2.45) is 0 Å². The summed E-state index contributed by atoms with van der Waals surface area (Å²) in [5.74, 6) is -0.184. The molecule has 0 spiro atoms. The van der Waals surface area contributed by atoms with Gasteiger partial charge in [0, 0.05) is 10.6 Å². The molecule has 0 saturated heterocycles. The molecule has 3 nitrogen and oxygen atoms in total. The largest absolute Gasteiger partial charge is 0.469 e. The third-order valence-electron chi connectivity index (χ3n) is 1.80. The summed E-state index contributed by atoms with van der Waals surface area (Å²) in [7, 11) is 1.34. The van der Waals surface area contributed by atoms with E-state index in [2.05, 4.69) is 4.74 Å². The fraction of sp³-hybridized carbons (Fsp3) is 0.300. The molecule has 15 heavy (non-hydrogen) atoms. The molecular formula is C10H12FNO2S. The highest BCUT2D eigenvalue weighted by molar-refractivity contribution is 7.99. The van der Waals surface area contributed by atoms with Gasteiger partial charge in [-0.15, -0.1) is 11.8 Å². The van der Waals surface area contributed by atoms with Gasteiger partial charge in [0.25, 0.3) is 0 Å². The first-order valence-corrected chi connectivity index (χ1v) is 5.37. The Morgan fingerprint density at radius 1 is 1.60 bits per heavy atom. The number of nitrogen functional groups attached to an aromatic ring is 1. The molecule has 0 saturated carbocycles. The minimum Gasteiger partial charge on any atom is -0.469 e. The average molecular weight is 229 g/mol. The maximum absolute atomic E-state index is 13.0. The van der Waals surface area contributed by atoms with E-state index in [1.807, 2.05) is 0 Å². The van der Waals surface area contributed by atoms with Gasteiger partial charge < -0.3 is 10.5 Å². The summed E-state index contributed by atoms with van der Waals surface area (Å²) < 4.78 is 17.5. The summed E-state index contributed by atoms with van der Waals surface area (Å²) in [5, 5.41) is 0. The van der Waals surface area contributed by atoms with Gasteiger partial charge in [-0.2, -0.15) is 0 Å². The second-order valence-electron chi connectivity index (χ2n) is 2.83. The van der Waals surface area contributed by atoms with Crippen LogP contribution in [0, 0.1) is 5.82 Å². The number of nitrogens with two attached hydrogens (primary N) is 1. The molecule has 1 rings (SSSR count). The van der Waals surface area contributed by atoms with Crippen molar-refractivity contribution in [2.45, 2.75) is 11.3 Å². The number of methoxy groups -OCH3 is 1. The Balaban J connectivity index is 2.51. The number of hydrogen-bond acceptors (Lipinski definition) is 4. The molecule has 0 aliphatic rings. The maximum Gasteiger partial charge on any atom is 0.306 e. The SMILES string of the molecule is COC(=O)CCSc1cccc(F)c1N. The lowest BCUT2D eigenvalue weighted by Crippen LogP contribution is -2.01. The lowest BCUT2D eigenvalue weighted by Gasteiger charge is -2.05. The first-order chi connectivity index (χ1) is 7.15. The molecule has 1 aromatic rings. The number of hydrogen-bond donors (Lipinski definition) is 1. The van der Waals surface area contributed by atoms with E-state index < -0.39 is 5.82 Å². The smallest absolute Gasteiger partial charge is 0.306 e. The van der Waals surface area contributed by atoms with Gasteiger partial charge in [-0.05, 0) is 12.1 Å². The van der Waals surface area contributed by atoms with Gasteiger partial charge in [-0.3, -0.25) is 4.79 Å². The molecule has 2 N–H and O–H groups in total. The highest BCUT2D eigenvalue weighted by Crippen LogP contribution is 2.27. The molecule has 0 aliphatic heterocycles. The van der Waals surface area contributed by atoms with E-state index in [1.165, 1.54) is 24.9 Å². The molecule has 0 unspecified atom stereocenters. The minimum atomic E-state index is -0.432. The summed E-state index contributed by atoms with van der Waals surface area (Å²) in [5.41, 5.74) is 5.65. The second-order valence-corrected chi connectivity index (χ2v) is 3.96. The van der Waals surface area contributed by atoms with E-state index in [4.69, 9.17) is 5.73 Å². The highest BCUT2D eigenvalue weighted by Gasteiger charge is 2.06. The van der Waals surface area contributed by atoms with Crippen LogP contribution >= 0.6 is 11.8 Å². The van der Waals surface area contributed by atoms with Gasteiger partial charge in [0.05, 0.1) is 19.2 Å². The second kappa shape index (κ2) is 5.60. The summed E-state index contributed by atoms with van der Waals surface area (Å²) >= 11 is 1.34. The number of halogens is 1. The number of para-hydroxylation sites is 1. The van der Waals surface area contributed by atoms with E-state index in [0.717, 1.165) is 0 Å². The van der Waals surface area contributed by atoms with E-state index >= 15 is 0 Å². The van der Waals surface area contributed by atoms with Crippen molar-refractivity contribution in [1.29, 1.82) is 0 Å². The van der Waals surface area contributed by atoms with Gasteiger partial charge in [-0.1, -0.05) is 6.07 Å². The van der Waals surface area contributed by atoms with Crippen molar-refractivity contribution in [2.75, 3.05) is 18.6 Å². The van der Waals surface area contributed by atoms with Crippen molar-refractivity contribution in [3.8, 4) is 0 Å². The lowest BCUT2D eigenvalue weighted by atomic mass is 10.3. The van der Waals surface area contributed by atoms with E-state index in [-0.39, 0.29) is 18.1 Å². The maximum atomic E-state index is 13.0. The number of benzene rings is 1. The first kappa shape index (κ1) is 11.8. The van der Waals surface area contributed by atoms with Gasteiger partial charge in [-0.25, -0.2) is 4.39 Å². The molecule has 0 atom stereocenters. The van der Waals surface area contributed by atoms with Gasteiger partial charge in [0.1, 0.15) is 5.82 Å². The molecule has 0 radical (unpaired) electrons. The number of ether oxygens (including phenoxy) is 1. The normalized spacial score (nSPS) is 10.0. The zero-order chi connectivity index (χ0) is 11.3. The van der Waals surface area contributed by atoms with Crippen LogP contribution in [0.4, 0.5) is 10.1 Å². The summed E-state index contributed by atoms with van der Waals surface area (Å²) in [6, 6.07) is 4.62. The predicted molar refractivity (Wildman–Crippen MR) is 58.2 cm³/mol. The first-order valence-electron chi connectivity index (χ1n) is 4.38. The van der Waals surface area contributed by atoms with Crippen LogP contribution in [0.5, 0.6) is 0 Å². The molecule has 0 amide bonds. The fourth-order valence-electron chi connectivity index (χ4n) is 0.989. The summed E-state index contributed by atoms with van der Waals surface area (Å²) in [4.78, 5) is 11.5. The number of esters is 1. The number of carbonyl (C=O) groups is 1. The quantitative estimate of drug-likeness (QED) is 0.488. The van der Waals surface area contributed by atoms with Crippen molar-refractivity contribution >= 4 is 23.4 Å². The molecule has 82 valence electrons. The number of rotatable bonds is 4. The van der Waals surface area contributed by atoms with Crippen LogP contribution in [0.2, 0.25) is 0 Å². The summed E-state index contributed by atoms with van der Waals surface area (Å²) in [6.07, 6.45) is 0.289. The summed E-state index contributed by atoms with van der Waals surface area (Å²) in [6.45, 7) is 0. The standard InChI is InChI=1S/C10H12FNO2S/c1-14-9(13)5-6-15-8-4-2-3-7(11)10(8)12/h2-4H,5-6,12H2,1H3. The van der Waals surface area contributed by atoms with Crippen LogP contribution in [0.3, 0.4) is 0 Å². The molecular weight excluding hydrogens is 217 g/mol. The minimum absolute atomic E-state index is 0.132. The number of carbonyl (C=O) groups excluding carboxylic acids is 1.